The zero-order valence-electron chi connectivity index (χ0n) is 35.1. The lowest BCUT2D eigenvalue weighted by Crippen LogP contribution is -2.64. The van der Waals surface area contributed by atoms with Crippen LogP contribution in [0.15, 0.2) is 0 Å². The Hall–Kier alpha value is -0.700. The molecular weight excluding hydrogens is 741 g/mol. The molecule has 1 aliphatic rings. The minimum Gasteiger partial charge on any atom is -0.393 e. The van der Waals surface area contributed by atoms with Crippen molar-refractivity contribution in [3.63, 3.8) is 0 Å². The lowest BCUT2D eigenvalue weighted by atomic mass is 9.85. The molecule has 1 saturated carbocycles. The average molecular weight is 826 g/mol. The number of carbonyl (C=O) groups is 1. The van der Waals surface area contributed by atoms with Gasteiger partial charge in [-0.1, -0.05) is 181 Å². The van der Waals surface area contributed by atoms with Crippen LogP contribution in [0.3, 0.4) is 0 Å². The van der Waals surface area contributed by atoms with Crippen molar-refractivity contribution in [1.29, 1.82) is 0 Å². The van der Waals surface area contributed by atoms with Crippen LogP contribution >= 0.6 is 7.82 Å². The maximum absolute atomic E-state index is 13.0. The summed E-state index contributed by atoms with van der Waals surface area (Å²) < 4.78 is 22.9. The van der Waals surface area contributed by atoms with Gasteiger partial charge in [-0.2, -0.15) is 0 Å². The third kappa shape index (κ3) is 25.0. The fourth-order valence-electron chi connectivity index (χ4n) is 7.48. The molecule has 8 atom stereocenters. The summed E-state index contributed by atoms with van der Waals surface area (Å²) in [4.78, 5) is 23.4. The number of phosphoric ester groups is 1. The molecule has 1 amide bonds. The summed E-state index contributed by atoms with van der Waals surface area (Å²) in [5, 5.41) is 74.5. The largest absolute Gasteiger partial charge is 0.472 e. The first-order chi connectivity index (χ1) is 26.8. The zero-order chi connectivity index (χ0) is 41.6. The molecule has 1 rings (SSSR count). The topological polar surface area (TPSA) is 226 Å². The van der Waals surface area contributed by atoms with E-state index in [0.717, 1.165) is 51.4 Å². The first-order valence-electron chi connectivity index (χ1n) is 22.6. The lowest BCUT2D eigenvalue weighted by Gasteiger charge is -2.41. The molecule has 13 nitrogen and oxygen atoms in total. The predicted octanol–water partition coefficient (Wildman–Crippen LogP) is 6.87. The molecule has 1 fully saturated rings. The van der Waals surface area contributed by atoms with E-state index >= 15 is 0 Å². The molecule has 0 aromatic rings. The SMILES string of the molecule is CCCCCCCCCCCCCCCCC(O)CC(=O)NC(COP(=O)(O)OC1C(O)C(O)C(O)C(O)C1O)C(O)CCCCCCCCCCCCCC. The molecule has 14 heteroatoms. The smallest absolute Gasteiger partial charge is 0.393 e. The van der Waals surface area contributed by atoms with Crippen molar-refractivity contribution in [2.24, 2.45) is 0 Å². The molecule has 1 aliphatic carbocycles. The average Bonchev–Trinajstić information content (AvgIpc) is 3.17. The summed E-state index contributed by atoms with van der Waals surface area (Å²) in [6, 6.07) is -1.15. The van der Waals surface area contributed by atoms with Crippen LogP contribution in [0.4, 0.5) is 0 Å². The Morgan fingerprint density at radius 2 is 0.893 bits per heavy atom. The molecule has 0 saturated heterocycles. The second-order valence-corrected chi connectivity index (χ2v) is 17.9. The second kappa shape index (κ2) is 33.1. The van der Waals surface area contributed by atoms with E-state index in [-0.39, 0.29) is 12.8 Å². The van der Waals surface area contributed by atoms with Crippen molar-refractivity contribution in [2.75, 3.05) is 6.61 Å². The van der Waals surface area contributed by atoms with Gasteiger partial charge in [-0.25, -0.2) is 4.57 Å². The molecule has 9 N–H and O–H groups in total. The summed E-state index contributed by atoms with van der Waals surface area (Å²) in [6.45, 7) is 3.77. The number of hydrogen-bond acceptors (Lipinski definition) is 11. The molecule has 0 aromatic heterocycles. The van der Waals surface area contributed by atoms with E-state index < -0.39 is 75.2 Å². The summed E-state index contributed by atoms with van der Waals surface area (Å²) in [6.07, 6.45) is 17.3. The highest BCUT2D eigenvalue weighted by atomic mass is 31.2. The van der Waals surface area contributed by atoms with Gasteiger partial charge in [-0.15, -0.1) is 0 Å². The maximum Gasteiger partial charge on any atom is 0.472 e. The van der Waals surface area contributed by atoms with Crippen LogP contribution in [0.25, 0.3) is 0 Å². The minimum absolute atomic E-state index is 0.216. The molecule has 0 radical (unpaired) electrons. The van der Waals surface area contributed by atoms with Crippen LogP contribution in [0.1, 0.15) is 200 Å². The second-order valence-electron chi connectivity index (χ2n) is 16.4. The summed E-state index contributed by atoms with van der Waals surface area (Å²) in [5.41, 5.74) is 0. The Balaban J connectivity index is 2.53. The third-order valence-electron chi connectivity index (χ3n) is 11.2. The number of carbonyl (C=O) groups excluding carboxylic acids is 1. The maximum atomic E-state index is 13.0. The fraction of sp³-hybridized carbons (Fsp3) is 0.976. The molecule has 0 heterocycles. The van der Waals surface area contributed by atoms with Gasteiger partial charge in [0.1, 0.15) is 36.6 Å². The number of nitrogens with one attached hydrogen (secondary N) is 1. The van der Waals surface area contributed by atoms with Crippen LogP contribution in [0, 0.1) is 0 Å². The number of phosphoric acid groups is 1. The highest BCUT2D eigenvalue weighted by Gasteiger charge is 2.51. The number of rotatable bonds is 37. The highest BCUT2D eigenvalue weighted by Crippen LogP contribution is 2.47. The predicted molar refractivity (Wildman–Crippen MR) is 220 cm³/mol. The summed E-state index contributed by atoms with van der Waals surface area (Å²) in [7, 11) is -5.11. The minimum atomic E-state index is -5.11. The molecule has 56 heavy (non-hydrogen) atoms. The van der Waals surface area contributed by atoms with Gasteiger partial charge in [0.05, 0.1) is 31.3 Å². The number of amides is 1. The fourth-order valence-corrected chi connectivity index (χ4v) is 8.45. The van der Waals surface area contributed by atoms with Gasteiger partial charge in [-0.3, -0.25) is 13.8 Å². The third-order valence-corrected chi connectivity index (χ3v) is 12.2. The Labute approximate surface area is 339 Å². The summed E-state index contributed by atoms with van der Waals surface area (Å²) >= 11 is 0. The molecule has 334 valence electrons. The standard InChI is InChI=1S/C42H84NO12P/c1-3-5-7-9-11-13-15-17-18-19-21-23-25-27-29-33(44)31-36(46)43-34(35(45)30-28-26-24-22-20-16-14-12-10-8-6-4-2)32-54-56(52,53)55-42-40(50)38(48)37(47)39(49)41(42)51/h33-35,37-42,44-45,47-51H,3-32H2,1-2H3,(H,43,46)(H,52,53). The van der Waals surface area contributed by atoms with Gasteiger partial charge >= 0.3 is 7.82 Å². The Kier molecular flexibility index (Phi) is 31.5. The Bertz CT molecular complexity index is 979. The molecule has 0 bridgehead atoms. The van der Waals surface area contributed by atoms with E-state index in [9.17, 15) is 50.0 Å². The van der Waals surface area contributed by atoms with Gasteiger partial charge in [0.25, 0.3) is 0 Å². The molecule has 8 unspecified atom stereocenters. The van der Waals surface area contributed by atoms with Crippen molar-refractivity contribution in [2.45, 2.75) is 255 Å². The molecule has 0 aromatic carbocycles. The van der Waals surface area contributed by atoms with E-state index in [1.54, 1.807) is 0 Å². The number of hydrogen-bond donors (Lipinski definition) is 9. The lowest BCUT2D eigenvalue weighted by molar-refractivity contribution is -0.220. The summed E-state index contributed by atoms with van der Waals surface area (Å²) in [5.74, 6) is -0.558. The number of aliphatic hydroxyl groups excluding tert-OH is 7. The molecule has 0 spiro atoms. The van der Waals surface area contributed by atoms with Crippen LogP contribution < -0.4 is 5.32 Å². The molecular formula is C42H84NO12P. The van der Waals surface area contributed by atoms with E-state index in [1.807, 2.05) is 0 Å². The van der Waals surface area contributed by atoms with Gasteiger partial charge < -0.3 is 46.0 Å². The van der Waals surface area contributed by atoms with Gasteiger partial charge in [0.15, 0.2) is 0 Å². The first-order valence-corrected chi connectivity index (χ1v) is 24.1. The van der Waals surface area contributed by atoms with Crippen molar-refractivity contribution in [3.8, 4) is 0 Å². The van der Waals surface area contributed by atoms with Gasteiger partial charge in [0.2, 0.25) is 5.91 Å². The Morgan fingerprint density at radius 1 is 0.554 bits per heavy atom. The van der Waals surface area contributed by atoms with E-state index in [1.165, 1.54) is 109 Å². The van der Waals surface area contributed by atoms with Crippen LogP contribution in [-0.2, 0) is 18.4 Å². The first kappa shape index (κ1) is 53.3. The van der Waals surface area contributed by atoms with E-state index in [2.05, 4.69) is 19.2 Å². The zero-order valence-corrected chi connectivity index (χ0v) is 36.0. The molecule has 0 aliphatic heterocycles. The van der Waals surface area contributed by atoms with E-state index in [4.69, 9.17) is 9.05 Å². The van der Waals surface area contributed by atoms with Crippen molar-refractivity contribution >= 4 is 13.7 Å². The van der Waals surface area contributed by atoms with Crippen molar-refractivity contribution < 1.29 is 59.0 Å². The monoisotopic (exact) mass is 826 g/mol. The van der Waals surface area contributed by atoms with Crippen molar-refractivity contribution in [1.82, 2.24) is 5.32 Å². The number of aliphatic hydroxyl groups is 7. The number of unbranched alkanes of at least 4 members (excludes halogenated alkanes) is 24. The van der Waals surface area contributed by atoms with Crippen LogP contribution in [0.5, 0.6) is 0 Å². The van der Waals surface area contributed by atoms with E-state index in [0.29, 0.717) is 12.8 Å². The quantitative estimate of drug-likeness (QED) is 0.0231. The van der Waals surface area contributed by atoms with Crippen LogP contribution in [0.2, 0.25) is 0 Å². The van der Waals surface area contributed by atoms with Gasteiger partial charge in [0, 0.05) is 0 Å². The normalized spacial score (nSPS) is 24.1. The van der Waals surface area contributed by atoms with Gasteiger partial charge in [-0.05, 0) is 12.8 Å². The van der Waals surface area contributed by atoms with Crippen molar-refractivity contribution in [3.05, 3.63) is 0 Å². The Morgan fingerprint density at radius 3 is 1.29 bits per heavy atom. The van der Waals surface area contributed by atoms with Crippen LogP contribution in [-0.4, -0.2) is 108 Å². The highest BCUT2D eigenvalue weighted by molar-refractivity contribution is 7.47.